The lowest BCUT2D eigenvalue weighted by atomic mass is 10.1. The van der Waals surface area contributed by atoms with Crippen LogP contribution in [0.15, 0.2) is 23.3 Å². The van der Waals surface area contributed by atoms with Gasteiger partial charge in [-0.2, -0.15) is 14.9 Å². The lowest BCUT2D eigenvalue weighted by Gasteiger charge is -2.11. The minimum absolute atomic E-state index is 0.463. The number of aryl methyl sites for hydroxylation is 1. The van der Waals surface area contributed by atoms with Crippen molar-refractivity contribution in [1.29, 1.82) is 0 Å². The molecule has 0 amide bonds. The largest absolute Gasteiger partial charge is 0.493 e. The first-order valence-corrected chi connectivity index (χ1v) is 10.1. The van der Waals surface area contributed by atoms with E-state index in [-0.39, 0.29) is 0 Å². The second kappa shape index (κ2) is 11.5. The van der Waals surface area contributed by atoms with E-state index in [1.54, 1.807) is 18.0 Å². The van der Waals surface area contributed by atoms with Crippen molar-refractivity contribution >= 4 is 18.4 Å². The van der Waals surface area contributed by atoms with Crippen LogP contribution in [-0.2, 0) is 0 Å². The summed E-state index contributed by atoms with van der Waals surface area (Å²) in [5.41, 5.74) is 0.901. The molecule has 148 valence electrons. The molecule has 2 rings (SSSR count). The molecule has 27 heavy (non-hydrogen) atoms. The first-order valence-electron chi connectivity index (χ1n) is 9.65. The highest BCUT2D eigenvalue weighted by atomic mass is 32.1. The lowest BCUT2D eigenvalue weighted by Crippen LogP contribution is -2.00. The molecule has 0 saturated carbocycles. The van der Waals surface area contributed by atoms with Gasteiger partial charge >= 0.3 is 0 Å². The van der Waals surface area contributed by atoms with Gasteiger partial charge in [0.1, 0.15) is 5.82 Å². The van der Waals surface area contributed by atoms with Crippen LogP contribution in [0.1, 0.15) is 63.3 Å². The number of hydrogen-bond acceptors (Lipinski definition) is 5. The smallest absolute Gasteiger partial charge is 0.216 e. The van der Waals surface area contributed by atoms with Crippen molar-refractivity contribution in [2.75, 3.05) is 13.7 Å². The van der Waals surface area contributed by atoms with Crippen molar-refractivity contribution in [2.45, 2.75) is 58.8 Å². The van der Waals surface area contributed by atoms with Gasteiger partial charge in [-0.25, -0.2) is 0 Å². The summed E-state index contributed by atoms with van der Waals surface area (Å²) < 4.78 is 13.4. The molecule has 1 aromatic heterocycles. The number of H-pyrrole nitrogens is 1. The van der Waals surface area contributed by atoms with E-state index in [1.807, 2.05) is 25.1 Å². The van der Waals surface area contributed by atoms with Crippen LogP contribution in [-0.4, -0.2) is 34.8 Å². The third-order valence-electron chi connectivity index (χ3n) is 4.33. The molecule has 1 heterocycles. The van der Waals surface area contributed by atoms with Crippen LogP contribution in [0, 0.1) is 11.7 Å². The molecule has 7 heteroatoms. The summed E-state index contributed by atoms with van der Waals surface area (Å²) in [6.07, 6.45) is 10.6. The van der Waals surface area contributed by atoms with E-state index in [9.17, 15) is 0 Å². The van der Waals surface area contributed by atoms with Crippen LogP contribution in [0.5, 0.6) is 11.5 Å². The van der Waals surface area contributed by atoms with Crippen LogP contribution in [0.3, 0.4) is 0 Å². The standard InChI is InChI=1S/C20H30N4O2S/c1-4-5-6-7-8-9-10-13-26-18-12-11-17(14-19(18)25-3)15-21-24-16(2)22-23-20(24)27/h11-12,14-15H,4-10,13H2,1-3H3,(H,23,27)/b21-15-. The van der Waals surface area contributed by atoms with Crippen LogP contribution >= 0.6 is 12.2 Å². The Hall–Kier alpha value is -2.15. The zero-order valence-electron chi connectivity index (χ0n) is 16.5. The molecule has 0 aliphatic heterocycles. The van der Waals surface area contributed by atoms with Gasteiger partial charge in [-0.1, -0.05) is 45.4 Å². The van der Waals surface area contributed by atoms with Gasteiger partial charge in [0.05, 0.1) is 19.9 Å². The van der Waals surface area contributed by atoms with E-state index in [2.05, 4.69) is 22.2 Å². The first-order chi connectivity index (χ1) is 13.2. The fourth-order valence-corrected chi connectivity index (χ4v) is 2.98. The highest BCUT2D eigenvalue weighted by molar-refractivity contribution is 7.71. The predicted octanol–water partition coefficient (Wildman–Crippen LogP) is 5.27. The molecule has 0 fully saturated rings. The Morgan fingerprint density at radius 3 is 2.56 bits per heavy atom. The maximum Gasteiger partial charge on any atom is 0.216 e. The average Bonchev–Trinajstić information content (AvgIpc) is 3.00. The fraction of sp³-hybridized carbons (Fsp3) is 0.550. The molecule has 0 unspecified atom stereocenters. The summed E-state index contributed by atoms with van der Waals surface area (Å²) in [6.45, 7) is 4.79. The Kier molecular flexibility index (Phi) is 9.04. The highest BCUT2D eigenvalue weighted by Crippen LogP contribution is 2.28. The minimum Gasteiger partial charge on any atom is -0.493 e. The number of rotatable bonds is 12. The van der Waals surface area contributed by atoms with E-state index < -0.39 is 0 Å². The quantitative estimate of drug-likeness (QED) is 0.305. The van der Waals surface area contributed by atoms with Crippen molar-refractivity contribution in [3.63, 3.8) is 0 Å². The molecule has 0 spiro atoms. The molecule has 1 aromatic carbocycles. The van der Waals surface area contributed by atoms with Gasteiger partial charge in [-0.05, 0) is 49.3 Å². The van der Waals surface area contributed by atoms with Crippen molar-refractivity contribution in [2.24, 2.45) is 5.10 Å². The van der Waals surface area contributed by atoms with Crippen LogP contribution in [0.25, 0.3) is 0 Å². The molecule has 0 bridgehead atoms. The summed E-state index contributed by atoms with van der Waals surface area (Å²) in [5.74, 6) is 2.17. The molecule has 0 radical (unpaired) electrons. The zero-order valence-corrected chi connectivity index (χ0v) is 17.3. The third-order valence-corrected chi connectivity index (χ3v) is 4.59. The number of methoxy groups -OCH3 is 1. The Morgan fingerprint density at radius 2 is 1.89 bits per heavy atom. The van der Waals surface area contributed by atoms with E-state index in [4.69, 9.17) is 21.7 Å². The molecule has 2 aromatic rings. The predicted molar refractivity (Wildman–Crippen MR) is 112 cm³/mol. The minimum atomic E-state index is 0.463. The Labute approximate surface area is 166 Å². The second-order valence-electron chi connectivity index (χ2n) is 6.51. The maximum atomic E-state index is 5.89. The topological polar surface area (TPSA) is 64.4 Å². The van der Waals surface area contributed by atoms with Gasteiger partial charge < -0.3 is 9.47 Å². The van der Waals surface area contributed by atoms with Crippen LogP contribution in [0.2, 0.25) is 0 Å². The average molecular weight is 391 g/mol. The van der Waals surface area contributed by atoms with Crippen LogP contribution in [0.4, 0.5) is 0 Å². The number of hydrogen-bond donors (Lipinski definition) is 1. The molecule has 0 atom stereocenters. The monoisotopic (exact) mass is 390 g/mol. The van der Waals surface area contributed by atoms with Gasteiger partial charge in [-0.3, -0.25) is 5.10 Å². The normalized spacial score (nSPS) is 11.2. The summed E-state index contributed by atoms with van der Waals surface area (Å²) in [4.78, 5) is 0. The van der Waals surface area contributed by atoms with Crippen molar-refractivity contribution in [3.8, 4) is 11.5 Å². The first kappa shape index (κ1) is 21.2. The van der Waals surface area contributed by atoms with Gasteiger partial charge in [0.2, 0.25) is 4.77 Å². The molecule has 6 nitrogen and oxygen atoms in total. The molecular formula is C20H30N4O2S. The Bertz CT molecular complexity index is 783. The van der Waals surface area contributed by atoms with Gasteiger partial charge in [0.25, 0.3) is 0 Å². The number of ether oxygens (including phenoxy) is 2. The van der Waals surface area contributed by atoms with E-state index in [1.165, 1.54) is 38.5 Å². The third kappa shape index (κ3) is 6.82. The molecular weight excluding hydrogens is 360 g/mol. The molecule has 0 aliphatic carbocycles. The van der Waals surface area contributed by atoms with Crippen LogP contribution < -0.4 is 9.47 Å². The van der Waals surface area contributed by atoms with E-state index >= 15 is 0 Å². The molecule has 0 aliphatic rings. The number of nitrogens with one attached hydrogen (secondary N) is 1. The number of nitrogens with zero attached hydrogens (tertiary/aromatic N) is 3. The number of aromatic nitrogens is 3. The number of aromatic amines is 1. The van der Waals surface area contributed by atoms with E-state index in [0.29, 0.717) is 23.0 Å². The summed E-state index contributed by atoms with van der Waals surface area (Å²) >= 11 is 5.14. The lowest BCUT2D eigenvalue weighted by molar-refractivity contribution is 0.284. The maximum absolute atomic E-state index is 5.89. The zero-order chi connectivity index (χ0) is 19.5. The Morgan fingerprint density at radius 1 is 1.15 bits per heavy atom. The number of benzene rings is 1. The summed E-state index contributed by atoms with van der Waals surface area (Å²) in [5, 5.41) is 11.1. The highest BCUT2D eigenvalue weighted by Gasteiger charge is 2.05. The SMILES string of the molecule is CCCCCCCCCOc1ccc(/C=N\n2c(C)n[nH]c2=S)cc1OC. The van der Waals surface area contributed by atoms with Gasteiger partial charge in [0.15, 0.2) is 11.5 Å². The van der Waals surface area contributed by atoms with Crippen molar-refractivity contribution < 1.29 is 9.47 Å². The number of unbranched alkanes of at least 4 members (excludes halogenated alkanes) is 6. The summed E-state index contributed by atoms with van der Waals surface area (Å²) in [7, 11) is 1.65. The summed E-state index contributed by atoms with van der Waals surface area (Å²) in [6, 6.07) is 5.77. The van der Waals surface area contributed by atoms with Gasteiger partial charge in [-0.15, -0.1) is 0 Å². The van der Waals surface area contributed by atoms with Gasteiger partial charge in [0, 0.05) is 0 Å². The molecule has 0 saturated heterocycles. The van der Waals surface area contributed by atoms with Crippen molar-refractivity contribution in [3.05, 3.63) is 34.4 Å². The Balaban J connectivity index is 1.86. The van der Waals surface area contributed by atoms with E-state index in [0.717, 1.165) is 17.7 Å². The molecule has 1 N–H and O–H groups in total. The van der Waals surface area contributed by atoms with Crippen molar-refractivity contribution in [1.82, 2.24) is 14.9 Å². The second-order valence-corrected chi connectivity index (χ2v) is 6.90. The fourth-order valence-electron chi connectivity index (χ4n) is 2.76.